The minimum Gasteiger partial charge on any atom is -0.493 e. The first kappa shape index (κ1) is 32.7. The molecule has 0 unspecified atom stereocenters. The smallest absolute Gasteiger partial charge is 0.401 e. The molecule has 12 heteroatoms. The lowest BCUT2D eigenvalue weighted by Crippen LogP contribution is -2.47. The molecule has 0 bridgehead atoms. The minimum atomic E-state index is -4.56. The number of H-pyrrole nitrogens is 1. The molecule has 2 atom stereocenters. The van der Waals surface area contributed by atoms with Gasteiger partial charge in [0.25, 0.3) is 0 Å². The van der Waals surface area contributed by atoms with Crippen LogP contribution in [0.2, 0.25) is 0 Å². The van der Waals surface area contributed by atoms with Gasteiger partial charge in [0.15, 0.2) is 0 Å². The number of aromatic amines is 1. The van der Waals surface area contributed by atoms with Crippen molar-refractivity contribution in [2.75, 3.05) is 46.2 Å². The highest BCUT2D eigenvalue weighted by Gasteiger charge is 2.43. The van der Waals surface area contributed by atoms with E-state index < -0.39 is 48.0 Å². The van der Waals surface area contributed by atoms with E-state index in [1.165, 1.54) is 0 Å². The number of fused-ring (bicyclic) bond motifs is 3. The third kappa shape index (κ3) is 8.67. The standard InChI is InChI=1S/C31H37F5N2O5/c1-3-42-27(39)18-41-14-13-40-11-7-4-8-12-43-21-16-24(32)28(25(33)17-21)30-29-23(22-9-5-6-10-26(22)37-29)15-20(2)38(30)19-31(34,35)36/h5-6,9-10,16-17,20,30,37H,3-4,7-8,11-15,18-19H2,1-2H3/t20-,30-/m1/s1. The van der Waals surface area contributed by atoms with E-state index in [0.717, 1.165) is 40.8 Å². The molecule has 3 aromatic rings. The van der Waals surface area contributed by atoms with Gasteiger partial charge in [-0.05, 0) is 51.2 Å². The molecule has 1 aliphatic heterocycles. The number of para-hydroxylation sites is 1. The van der Waals surface area contributed by atoms with E-state index in [4.69, 9.17) is 18.9 Å². The zero-order chi connectivity index (χ0) is 31.0. The number of rotatable bonds is 15. The SMILES string of the molecule is CCOC(=O)COCCOCCCCCOc1cc(F)c([C@@H]2c3[nH]c4ccccc4c3C[C@@H](C)N2CC(F)(F)F)c(F)c1. The molecule has 0 fully saturated rings. The summed E-state index contributed by atoms with van der Waals surface area (Å²) in [6.45, 7) is 3.51. The Morgan fingerprint density at radius 3 is 2.42 bits per heavy atom. The van der Waals surface area contributed by atoms with Crippen LogP contribution < -0.4 is 4.74 Å². The lowest BCUT2D eigenvalue weighted by molar-refractivity contribution is -0.155. The van der Waals surface area contributed by atoms with E-state index in [2.05, 4.69) is 4.98 Å². The average molecular weight is 613 g/mol. The fraction of sp³-hybridized carbons (Fsp3) is 0.516. The monoisotopic (exact) mass is 612 g/mol. The summed E-state index contributed by atoms with van der Waals surface area (Å²) >= 11 is 0. The van der Waals surface area contributed by atoms with Gasteiger partial charge in [0, 0.05) is 46.9 Å². The van der Waals surface area contributed by atoms with Crippen LogP contribution in [0.25, 0.3) is 10.9 Å². The Hall–Kier alpha value is -3.22. The number of nitrogens with zero attached hydrogens (tertiary/aromatic N) is 1. The van der Waals surface area contributed by atoms with Crippen molar-refractivity contribution in [3.8, 4) is 5.75 Å². The maximum absolute atomic E-state index is 15.6. The Morgan fingerprint density at radius 1 is 1.00 bits per heavy atom. The van der Waals surface area contributed by atoms with Crippen LogP contribution in [0.15, 0.2) is 36.4 Å². The van der Waals surface area contributed by atoms with Gasteiger partial charge in [-0.1, -0.05) is 18.2 Å². The molecule has 236 valence electrons. The Labute approximate surface area is 247 Å². The second-order valence-electron chi connectivity index (χ2n) is 10.5. The van der Waals surface area contributed by atoms with Crippen LogP contribution in [-0.4, -0.2) is 74.3 Å². The summed E-state index contributed by atoms with van der Waals surface area (Å²) in [6.07, 6.45) is -2.18. The third-order valence-corrected chi connectivity index (χ3v) is 7.30. The summed E-state index contributed by atoms with van der Waals surface area (Å²) in [5, 5.41) is 0.828. The van der Waals surface area contributed by atoms with Crippen molar-refractivity contribution >= 4 is 16.9 Å². The van der Waals surface area contributed by atoms with E-state index in [9.17, 15) is 18.0 Å². The quantitative estimate of drug-likeness (QED) is 0.120. The predicted molar refractivity (Wildman–Crippen MR) is 150 cm³/mol. The maximum atomic E-state index is 15.6. The Balaban J connectivity index is 1.35. The van der Waals surface area contributed by atoms with Crippen LogP contribution in [0.1, 0.15) is 56.0 Å². The summed E-state index contributed by atoms with van der Waals surface area (Å²) in [7, 11) is 0. The molecular formula is C31H37F5N2O5. The van der Waals surface area contributed by atoms with Crippen LogP contribution in [-0.2, 0) is 25.4 Å². The molecule has 2 heterocycles. The molecule has 0 radical (unpaired) electrons. The van der Waals surface area contributed by atoms with Crippen LogP contribution in [0.5, 0.6) is 5.75 Å². The number of ether oxygens (including phenoxy) is 4. The van der Waals surface area contributed by atoms with E-state index >= 15 is 8.78 Å². The van der Waals surface area contributed by atoms with Gasteiger partial charge in [0.2, 0.25) is 0 Å². The summed E-state index contributed by atoms with van der Waals surface area (Å²) in [5.74, 6) is -2.39. The average Bonchev–Trinajstić information content (AvgIpc) is 3.30. The fourth-order valence-electron chi connectivity index (χ4n) is 5.43. The molecule has 0 saturated heterocycles. The first-order chi connectivity index (χ1) is 20.6. The zero-order valence-electron chi connectivity index (χ0n) is 24.3. The highest BCUT2D eigenvalue weighted by Crippen LogP contribution is 2.44. The summed E-state index contributed by atoms with van der Waals surface area (Å²) < 4.78 is 92.9. The number of aromatic nitrogens is 1. The summed E-state index contributed by atoms with van der Waals surface area (Å²) in [5.41, 5.74) is 1.38. The van der Waals surface area contributed by atoms with E-state index in [-0.39, 0.29) is 25.6 Å². The number of halogens is 5. The number of hydrogen-bond donors (Lipinski definition) is 1. The first-order valence-corrected chi connectivity index (χ1v) is 14.4. The lowest BCUT2D eigenvalue weighted by Gasteiger charge is -2.41. The van der Waals surface area contributed by atoms with Gasteiger partial charge in [0.05, 0.1) is 39.0 Å². The van der Waals surface area contributed by atoms with Gasteiger partial charge in [-0.15, -0.1) is 0 Å². The van der Waals surface area contributed by atoms with Crippen molar-refractivity contribution in [1.29, 1.82) is 0 Å². The van der Waals surface area contributed by atoms with E-state index in [0.29, 0.717) is 43.9 Å². The highest BCUT2D eigenvalue weighted by molar-refractivity contribution is 5.85. The number of carbonyl (C=O) groups is 1. The molecule has 43 heavy (non-hydrogen) atoms. The van der Waals surface area contributed by atoms with Crippen molar-refractivity contribution in [3.63, 3.8) is 0 Å². The molecule has 7 nitrogen and oxygen atoms in total. The molecule has 1 N–H and O–H groups in total. The van der Waals surface area contributed by atoms with Crippen molar-refractivity contribution < 1.29 is 45.7 Å². The zero-order valence-corrected chi connectivity index (χ0v) is 24.3. The van der Waals surface area contributed by atoms with Crippen molar-refractivity contribution in [2.45, 2.75) is 57.8 Å². The van der Waals surface area contributed by atoms with Crippen LogP contribution >= 0.6 is 0 Å². The number of nitrogens with one attached hydrogen (secondary N) is 1. The predicted octanol–water partition coefficient (Wildman–Crippen LogP) is 6.49. The third-order valence-electron chi connectivity index (χ3n) is 7.30. The number of benzene rings is 2. The minimum absolute atomic E-state index is 0.0307. The normalized spacial score (nSPS) is 17.3. The Bertz CT molecular complexity index is 1340. The van der Waals surface area contributed by atoms with Crippen molar-refractivity contribution in [3.05, 3.63) is 64.9 Å². The second kappa shape index (κ2) is 15.0. The van der Waals surface area contributed by atoms with Gasteiger partial charge >= 0.3 is 12.1 Å². The highest BCUT2D eigenvalue weighted by atomic mass is 19.4. The van der Waals surface area contributed by atoms with Gasteiger partial charge in [0.1, 0.15) is 24.0 Å². The molecule has 0 aliphatic carbocycles. The summed E-state index contributed by atoms with van der Waals surface area (Å²) in [4.78, 5) is 15.4. The molecule has 0 saturated carbocycles. The lowest BCUT2D eigenvalue weighted by atomic mass is 9.88. The largest absolute Gasteiger partial charge is 0.493 e. The molecule has 1 aliphatic rings. The molecule has 4 rings (SSSR count). The molecular weight excluding hydrogens is 575 g/mol. The van der Waals surface area contributed by atoms with Crippen LogP contribution in [0, 0.1) is 11.6 Å². The van der Waals surface area contributed by atoms with E-state index in [1.807, 2.05) is 12.1 Å². The Morgan fingerprint density at radius 2 is 1.70 bits per heavy atom. The van der Waals surface area contributed by atoms with Crippen LogP contribution in [0.4, 0.5) is 22.0 Å². The number of carbonyl (C=O) groups excluding carboxylic acids is 1. The number of hydrogen-bond acceptors (Lipinski definition) is 6. The van der Waals surface area contributed by atoms with Crippen LogP contribution in [0.3, 0.4) is 0 Å². The number of unbranched alkanes of at least 4 members (excludes halogenated alkanes) is 2. The molecule has 2 aromatic carbocycles. The van der Waals surface area contributed by atoms with E-state index in [1.54, 1.807) is 26.0 Å². The summed E-state index contributed by atoms with van der Waals surface area (Å²) in [6, 6.07) is 7.42. The number of alkyl halides is 3. The van der Waals surface area contributed by atoms with Crippen molar-refractivity contribution in [1.82, 2.24) is 9.88 Å². The van der Waals surface area contributed by atoms with Crippen molar-refractivity contribution in [2.24, 2.45) is 0 Å². The van der Waals surface area contributed by atoms with Gasteiger partial charge in [-0.3, -0.25) is 4.90 Å². The molecule has 1 aromatic heterocycles. The molecule has 0 amide bonds. The van der Waals surface area contributed by atoms with Gasteiger partial charge < -0.3 is 23.9 Å². The topological polar surface area (TPSA) is 73.0 Å². The Kier molecular flexibility index (Phi) is 11.4. The number of esters is 1. The van der Waals surface area contributed by atoms with Gasteiger partial charge in [-0.25, -0.2) is 13.6 Å². The maximum Gasteiger partial charge on any atom is 0.401 e. The fourth-order valence-corrected chi connectivity index (χ4v) is 5.43. The van der Waals surface area contributed by atoms with Gasteiger partial charge in [-0.2, -0.15) is 13.2 Å². The second-order valence-corrected chi connectivity index (χ2v) is 10.5. The first-order valence-electron chi connectivity index (χ1n) is 14.4. The molecule has 0 spiro atoms.